The van der Waals surface area contributed by atoms with Gasteiger partial charge in [-0.3, -0.25) is 0 Å². The summed E-state index contributed by atoms with van der Waals surface area (Å²) in [5.41, 5.74) is 10.4. The van der Waals surface area contributed by atoms with E-state index in [1.54, 1.807) is 24.5 Å². The number of nitrogens with zero attached hydrogens (tertiary/aromatic N) is 4. The van der Waals surface area contributed by atoms with Gasteiger partial charge >= 0.3 is 11.7 Å². The average Bonchev–Trinajstić information content (AvgIpc) is 2.74. The average molecular weight is 377 g/mol. The summed E-state index contributed by atoms with van der Waals surface area (Å²) in [6.45, 7) is 0. The Morgan fingerprint density at radius 2 is 1.86 bits per heavy atom. The van der Waals surface area contributed by atoms with Crippen molar-refractivity contribution in [1.29, 1.82) is 0 Å². The highest BCUT2D eigenvalue weighted by Gasteiger charge is 2.34. The van der Waals surface area contributed by atoms with Crippen molar-refractivity contribution >= 4 is 23.7 Å². The van der Waals surface area contributed by atoms with E-state index in [4.69, 9.17) is 4.74 Å². The Morgan fingerprint density at radius 3 is 2.54 bits per heavy atom. The van der Waals surface area contributed by atoms with Crippen LogP contribution in [-0.2, 0) is 9.53 Å². The molecule has 1 fully saturated rings. The standard InChI is InChI=1S/C21H23N5O2/c22-26-19(20(27)28-17-10-5-2-6-11-17)18(25-21-23-14-7-15-24-21)13-12-16-8-3-1-4-9-16/h1,3-4,7-9,12-15,17-18H,2,5-6,10-11H2,(H,23,24,25)/b13-12+. The number of hydrogen-bond donors (Lipinski definition) is 1. The number of rotatable bonds is 7. The Hall–Kier alpha value is -3.31. The normalized spacial score (nSPS) is 15.6. The molecule has 2 aromatic rings. The fourth-order valence-electron chi connectivity index (χ4n) is 3.12. The van der Waals surface area contributed by atoms with E-state index in [2.05, 4.69) is 20.1 Å². The third kappa shape index (κ3) is 5.59. The highest BCUT2D eigenvalue weighted by atomic mass is 16.5. The summed E-state index contributed by atoms with van der Waals surface area (Å²) in [5.74, 6) is -0.322. The summed E-state index contributed by atoms with van der Waals surface area (Å²) in [7, 11) is 0. The topological polar surface area (TPSA) is 101 Å². The van der Waals surface area contributed by atoms with Crippen LogP contribution in [0, 0.1) is 0 Å². The van der Waals surface area contributed by atoms with E-state index < -0.39 is 12.0 Å². The van der Waals surface area contributed by atoms with Crippen molar-refractivity contribution in [3.63, 3.8) is 0 Å². The molecule has 1 atom stereocenters. The van der Waals surface area contributed by atoms with Crippen LogP contribution in [-0.4, -0.2) is 38.6 Å². The molecule has 1 saturated carbocycles. The lowest BCUT2D eigenvalue weighted by molar-refractivity contribution is -0.147. The molecule has 1 aliphatic carbocycles. The number of ether oxygens (including phenoxy) is 1. The highest BCUT2D eigenvalue weighted by molar-refractivity contribution is 6.37. The first-order valence-electron chi connectivity index (χ1n) is 9.46. The Balaban J connectivity index is 1.79. The monoisotopic (exact) mass is 377 g/mol. The second-order valence-corrected chi connectivity index (χ2v) is 6.61. The first-order chi connectivity index (χ1) is 13.8. The lowest BCUT2D eigenvalue weighted by Crippen LogP contribution is -2.38. The van der Waals surface area contributed by atoms with E-state index in [-0.39, 0.29) is 11.8 Å². The molecule has 3 rings (SSSR count). The second-order valence-electron chi connectivity index (χ2n) is 6.61. The van der Waals surface area contributed by atoms with Crippen molar-refractivity contribution in [2.45, 2.75) is 44.2 Å². The van der Waals surface area contributed by atoms with Crippen molar-refractivity contribution in [3.8, 4) is 0 Å². The minimum atomic E-state index is -0.747. The van der Waals surface area contributed by atoms with Gasteiger partial charge in [0.2, 0.25) is 5.95 Å². The fourth-order valence-corrected chi connectivity index (χ4v) is 3.12. The van der Waals surface area contributed by atoms with Gasteiger partial charge in [0.15, 0.2) is 6.04 Å². The number of aromatic nitrogens is 2. The number of esters is 1. The summed E-state index contributed by atoms with van der Waals surface area (Å²) in [5, 5.41) is 3.02. The zero-order valence-electron chi connectivity index (χ0n) is 15.6. The van der Waals surface area contributed by atoms with Crippen LogP contribution in [0.2, 0.25) is 0 Å². The quantitative estimate of drug-likeness (QED) is 0.344. The number of nitrogens with one attached hydrogen (secondary N) is 1. The molecule has 0 amide bonds. The van der Waals surface area contributed by atoms with Crippen LogP contribution in [0.3, 0.4) is 0 Å². The van der Waals surface area contributed by atoms with Crippen molar-refractivity contribution in [1.82, 2.24) is 9.97 Å². The van der Waals surface area contributed by atoms with Crippen LogP contribution >= 0.6 is 0 Å². The molecule has 0 spiro atoms. The van der Waals surface area contributed by atoms with E-state index in [0.29, 0.717) is 5.95 Å². The first-order valence-corrected chi connectivity index (χ1v) is 9.46. The molecule has 0 bridgehead atoms. The molecule has 7 nitrogen and oxygen atoms in total. The molecule has 7 heteroatoms. The van der Waals surface area contributed by atoms with E-state index in [1.807, 2.05) is 36.4 Å². The van der Waals surface area contributed by atoms with Gasteiger partial charge in [0, 0.05) is 12.4 Å². The minimum absolute atomic E-state index is 0.134. The Kier molecular flexibility index (Phi) is 7.04. The van der Waals surface area contributed by atoms with Crippen molar-refractivity contribution in [2.75, 3.05) is 5.32 Å². The Morgan fingerprint density at radius 1 is 1.14 bits per heavy atom. The second kappa shape index (κ2) is 10.1. The number of carbonyl (C=O) groups is 1. The molecular formula is C21H23N5O2. The molecular weight excluding hydrogens is 354 g/mol. The number of hydrogen-bond acceptors (Lipinski definition) is 5. The zero-order chi connectivity index (χ0) is 19.6. The molecule has 1 aliphatic rings. The van der Waals surface area contributed by atoms with Gasteiger partial charge in [-0.05, 0) is 43.4 Å². The summed E-state index contributed by atoms with van der Waals surface area (Å²) >= 11 is 0. The summed E-state index contributed by atoms with van der Waals surface area (Å²) in [6, 6.07) is 10.6. The molecule has 0 saturated heterocycles. The molecule has 0 aliphatic heterocycles. The van der Waals surface area contributed by atoms with Gasteiger partial charge in [-0.2, -0.15) is 4.79 Å². The van der Waals surface area contributed by atoms with Crippen LogP contribution in [0.5, 0.6) is 0 Å². The van der Waals surface area contributed by atoms with Crippen LogP contribution < -0.4 is 5.32 Å². The fraction of sp³-hybridized carbons (Fsp3) is 0.333. The van der Waals surface area contributed by atoms with E-state index in [0.717, 1.165) is 37.7 Å². The Bertz CT molecular complexity index is 842. The molecule has 1 heterocycles. The number of carbonyl (C=O) groups excluding carboxylic acids is 1. The highest BCUT2D eigenvalue weighted by Crippen LogP contribution is 2.20. The lowest BCUT2D eigenvalue weighted by Gasteiger charge is -2.21. The van der Waals surface area contributed by atoms with E-state index in [9.17, 15) is 10.3 Å². The minimum Gasteiger partial charge on any atom is -0.454 e. The maximum Gasteiger partial charge on any atom is 0.419 e. The third-order valence-electron chi connectivity index (χ3n) is 4.57. The van der Waals surface area contributed by atoms with Gasteiger partial charge in [0.1, 0.15) is 6.10 Å². The maximum absolute atomic E-state index is 12.7. The predicted octanol–water partition coefficient (Wildman–Crippen LogP) is 3.52. The molecule has 1 N–H and O–H groups in total. The molecule has 1 unspecified atom stereocenters. The largest absolute Gasteiger partial charge is 0.454 e. The molecule has 1 aromatic carbocycles. The van der Waals surface area contributed by atoms with Crippen molar-refractivity contribution in [3.05, 3.63) is 66.0 Å². The van der Waals surface area contributed by atoms with Crippen LogP contribution in [0.1, 0.15) is 37.7 Å². The van der Waals surface area contributed by atoms with Gasteiger partial charge in [-0.15, -0.1) is 0 Å². The van der Waals surface area contributed by atoms with Gasteiger partial charge < -0.3 is 15.6 Å². The maximum atomic E-state index is 12.7. The van der Waals surface area contributed by atoms with Crippen molar-refractivity contribution < 1.29 is 14.3 Å². The smallest absolute Gasteiger partial charge is 0.419 e. The Labute approximate surface area is 164 Å². The van der Waals surface area contributed by atoms with Crippen LogP contribution in [0.15, 0.2) is 54.9 Å². The zero-order valence-corrected chi connectivity index (χ0v) is 15.6. The predicted molar refractivity (Wildman–Crippen MR) is 107 cm³/mol. The van der Waals surface area contributed by atoms with Gasteiger partial charge in [-0.1, -0.05) is 42.8 Å². The molecule has 1 aromatic heterocycles. The van der Waals surface area contributed by atoms with Crippen molar-refractivity contribution in [2.24, 2.45) is 0 Å². The first kappa shape index (κ1) is 19.5. The summed E-state index contributed by atoms with van der Waals surface area (Å²) in [4.78, 5) is 24.1. The summed E-state index contributed by atoms with van der Waals surface area (Å²) < 4.78 is 5.57. The van der Waals surface area contributed by atoms with Crippen LogP contribution in [0.25, 0.3) is 11.6 Å². The molecule has 0 radical (unpaired) electrons. The van der Waals surface area contributed by atoms with E-state index >= 15 is 0 Å². The van der Waals surface area contributed by atoms with E-state index in [1.165, 1.54) is 0 Å². The number of anilines is 1. The van der Waals surface area contributed by atoms with Gasteiger partial charge in [-0.25, -0.2) is 14.8 Å². The summed E-state index contributed by atoms with van der Waals surface area (Å²) in [6.07, 6.45) is 11.5. The molecule has 144 valence electrons. The van der Waals surface area contributed by atoms with Gasteiger partial charge in [0.25, 0.3) is 0 Å². The number of benzene rings is 1. The SMILES string of the molecule is [N-]=[N+]=C(C(=O)OC1CCCCC1)C(/C=C/c1ccccc1)Nc1ncccn1. The lowest BCUT2D eigenvalue weighted by atomic mass is 9.98. The third-order valence-corrected chi connectivity index (χ3v) is 4.57. The van der Waals surface area contributed by atoms with Gasteiger partial charge in [0.05, 0.1) is 0 Å². The van der Waals surface area contributed by atoms with Crippen LogP contribution in [0.4, 0.5) is 5.95 Å². The molecule has 28 heavy (non-hydrogen) atoms.